The van der Waals surface area contributed by atoms with E-state index >= 15 is 0 Å². The normalized spacial score (nSPS) is 22.5. The van der Waals surface area contributed by atoms with Crippen molar-refractivity contribution in [2.24, 2.45) is 5.92 Å². The fourth-order valence-corrected chi connectivity index (χ4v) is 4.18. The molecule has 2 unspecified atom stereocenters. The summed E-state index contributed by atoms with van der Waals surface area (Å²) >= 11 is 1.95. The highest BCUT2D eigenvalue weighted by Gasteiger charge is 2.20. The Kier molecular flexibility index (Phi) is 5.29. The standard InChI is InChI=1S/C15H22N2O2S/c1-11-4-3-5-13(8-11)20-10-12-6-7-14(16-2)15(9-12)17(18)19/h6-7,9,11,13,16H,3-5,8,10H2,1-2H3. The van der Waals surface area contributed by atoms with Gasteiger partial charge >= 0.3 is 0 Å². The summed E-state index contributed by atoms with van der Waals surface area (Å²) in [5, 5.41) is 14.6. The monoisotopic (exact) mass is 294 g/mol. The molecule has 0 heterocycles. The molecule has 5 heteroatoms. The fraction of sp³-hybridized carbons (Fsp3) is 0.600. The molecule has 4 nitrogen and oxygen atoms in total. The van der Waals surface area contributed by atoms with E-state index in [1.165, 1.54) is 25.7 Å². The number of anilines is 1. The third kappa shape index (κ3) is 3.88. The first-order valence-electron chi connectivity index (χ1n) is 7.17. The van der Waals surface area contributed by atoms with Crippen LogP contribution in [0.3, 0.4) is 0 Å². The van der Waals surface area contributed by atoms with Crippen molar-refractivity contribution in [1.29, 1.82) is 0 Å². The molecule has 0 amide bonds. The summed E-state index contributed by atoms with van der Waals surface area (Å²) in [5.74, 6) is 1.68. The average Bonchev–Trinajstić information content (AvgIpc) is 2.45. The van der Waals surface area contributed by atoms with Gasteiger partial charge in [-0.15, -0.1) is 0 Å². The van der Waals surface area contributed by atoms with Gasteiger partial charge in [-0.1, -0.05) is 25.8 Å². The average molecular weight is 294 g/mol. The molecular weight excluding hydrogens is 272 g/mol. The number of benzene rings is 1. The number of rotatable bonds is 5. The van der Waals surface area contributed by atoms with E-state index in [9.17, 15) is 10.1 Å². The van der Waals surface area contributed by atoms with Gasteiger partial charge in [0.25, 0.3) is 5.69 Å². The Balaban J connectivity index is 1.99. The van der Waals surface area contributed by atoms with Crippen LogP contribution in [-0.2, 0) is 5.75 Å². The first-order chi connectivity index (χ1) is 9.60. The zero-order chi connectivity index (χ0) is 14.5. The predicted octanol–water partition coefficient (Wildman–Crippen LogP) is 4.45. The molecule has 2 atom stereocenters. The van der Waals surface area contributed by atoms with Gasteiger partial charge in [-0.05, 0) is 30.4 Å². The van der Waals surface area contributed by atoms with Gasteiger partial charge in [0.15, 0.2) is 0 Å². The van der Waals surface area contributed by atoms with Crippen molar-refractivity contribution in [2.75, 3.05) is 12.4 Å². The van der Waals surface area contributed by atoms with Crippen LogP contribution >= 0.6 is 11.8 Å². The first kappa shape index (κ1) is 15.2. The second kappa shape index (κ2) is 6.97. The molecule has 1 aromatic carbocycles. The third-order valence-corrected chi connectivity index (χ3v) is 5.30. The number of nitrogens with one attached hydrogen (secondary N) is 1. The number of hydrogen-bond acceptors (Lipinski definition) is 4. The molecule has 0 aromatic heterocycles. The lowest BCUT2D eigenvalue weighted by Crippen LogP contribution is -2.15. The second-order valence-electron chi connectivity index (χ2n) is 5.56. The lowest BCUT2D eigenvalue weighted by Gasteiger charge is -2.26. The van der Waals surface area contributed by atoms with E-state index in [1.54, 1.807) is 19.2 Å². The Morgan fingerprint density at radius 2 is 2.25 bits per heavy atom. The highest BCUT2D eigenvalue weighted by Crippen LogP contribution is 2.34. The van der Waals surface area contributed by atoms with Crippen LogP contribution in [0.25, 0.3) is 0 Å². The van der Waals surface area contributed by atoms with Crippen LogP contribution < -0.4 is 5.32 Å². The highest BCUT2D eigenvalue weighted by atomic mass is 32.2. The van der Waals surface area contributed by atoms with E-state index in [0.29, 0.717) is 10.9 Å². The van der Waals surface area contributed by atoms with Gasteiger partial charge in [0, 0.05) is 24.1 Å². The minimum atomic E-state index is -0.317. The van der Waals surface area contributed by atoms with Gasteiger partial charge in [0.1, 0.15) is 5.69 Å². The van der Waals surface area contributed by atoms with E-state index in [-0.39, 0.29) is 10.6 Å². The molecule has 0 spiro atoms. The Morgan fingerprint density at radius 3 is 2.90 bits per heavy atom. The molecule has 2 rings (SSSR count). The van der Waals surface area contributed by atoms with E-state index in [2.05, 4.69) is 12.2 Å². The summed E-state index contributed by atoms with van der Waals surface area (Å²) in [6.07, 6.45) is 5.23. The van der Waals surface area contributed by atoms with Gasteiger partial charge in [0.05, 0.1) is 4.92 Å². The quantitative estimate of drug-likeness (QED) is 0.644. The van der Waals surface area contributed by atoms with E-state index in [4.69, 9.17) is 0 Å². The van der Waals surface area contributed by atoms with Gasteiger partial charge in [-0.2, -0.15) is 11.8 Å². The summed E-state index contributed by atoms with van der Waals surface area (Å²) in [6, 6.07) is 5.49. The van der Waals surface area contributed by atoms with Gasteiger partial charge in [-0.25, -0.2) is 0 Å². The van der Waals surface area contributed by atoms with E-state index in [0.717, 1.165) is 17.2 Å². The molecule has 1 aromatic rings. The molecule has 1 aliphatic rings. The lowest BCUT2D eigenvalue weighted by molar-refractivity contribution is -0.384. The molecule has 0 bridgehead atoms. The third-order valence-electron chi connectivity index (χ3n) is 3.90. The minimum absolute atomic E-state index is 0.169. The molecular formula is C15H22N2O2S. The van der Waals surface area contributed by atoms with Crippen molar-refractivity contribution in [1.82, 2.24) is 0 Å². The lowest BCUT2D eigenvalue weighted by atomic mass is 9.91. The number of nitro groups is 1. The Bertz CT molecular complexity index is 479. The van der Waals surface area contributed by atoms with Crippen LogP contribution in [-0.4, -0.2) is 17.2 Å². The van der Waals surface area contributed by atoms with Crippen LogP contribution in [0.1, 0.15) is 38.2 Å². The van der Waals surface area contributed by atoms with Crippen LogP contribution in [0.15, 0.2) is 18.2 Å². The van der Waals surface area contributed by atoms with Crippen LogP contribution in [0.4, 0.5) is 11.4 Å². The van der Waals surface area contributed by atoms with Crippen molar-refractivity contribution in [3.8, 4) is 0 Å². The molecule has 110 valence electrons. The zero-order valence-corrected chi connectivity index (χ0v) is 12.9. The Hall–Kier alpha value is -1.23. The van der Waals surface area contributed by atoms with Crippen LogP contribution in [0.2, 0.25) is 0 Å². The summed E-state index contributed by atoms with van der Waals surface area (Å²) < 4.78 is 0. The Labute approximate surface area is 124 Å². The first-order valence-corrected chi connectivity index (χ1v) is 8.21. The summed E-state index contributed by atoms with van der Waals surface area (Å²) in [7, 11) is 1.71. The summed E-state index contributed by atoms with van der Waals surface area (Å²) in [4.78, 5) is 10.7. The van der Waals surface area contributed by atoms with E-state index < -0.39 is 0 Å². The molecule has 1 N–H and O–H groups in total. The second-order valence-corrected chi connectivity index (χ2v) is 6.85. The van der Waals surface area contributed by atoms with Crippen molar-refractivity contribution >= 4 is 23.1 Å². The molecule has 1 saturated carbocycles. The molecule has 0 saturated heterocycles. The summed E-state index contributed by atoms with van der Waals surface area (Å²) in [6.45, 7) is 2.32. The minimum Gasteiger partial charge on any atom is -0.383 e. The number of thioether (sulfide) groups is 1. The molecule has 1 fully saturated rings. The summed E-state index contributed by atoms with van der Waals surface area (Å²) in [5.41, 5.74) is 1.79. The van der Waals surface area contributed by atoms with Crippen LogP contribution in [0, 0.1) is 16.0 Å². The van der Waals surface area contributed by atoms with Crippen molar-refractivity contribution in [2.45, 2.75) is 43.6 Å². The predicted molar refractivity (Wildman–Crippen MR) is 85.4 cm³/mol. The van der Waals surface area contributed by atoms with E-state index in [1.807, 2.05) is 17.8 Å². The highest BCUT2D eigenvalue weighted by molar-refractivity contribution is 7.99. The Morgan fingerprint density at radius 1 is 1.45 bits per heavy atom. The van der Waals surface area contributed by atoms with Crippen molar-refractivity contribution < 1.29 is 4.92 Å². The SMILES string of the molecule is CNc1ccc(CSC2CCCC(C)C2)cc1[N+](=O)[O-]. The fourth-order valence-electron chi connectivity index (χ4n) is 2.77. The van der Waals surface area contributed by atoms with Gasteiger partial charge in [0.2, 0.25) is 0 Å². The smallest absolute Gasteiger partial charge is 0.292 e. The van der Waals surface area contributed by atoms with Gasteiger partial charge < -0.3 is 5.32 Å². The molecule has 0 radical (unpaired) electrons. The number of hydrogen-bond donors (Lipinski definition) is 1. The largest absolute Gasteiger partial charge is 0.383 e. The number of nitrogens with zero attached hydrogens (tertiary/aromatic N) is 1. The molecule has 20 heavy (non-hydrogen) atoms. The zero-order valence-electron chi connectivity index (χ0n) is 12.1. The molecule has 0 aliphatic heterocycles. The van der Waals surface area contributed by atoms with Crippen molar-refractivity contribution in [3.05, 3.63) is 33.9 Å². The van der Waals surface area contributed by atoms with Crippen LogP contribution in [0.5, 0.6) is 0 Å². The molecule has 1 aliphatic carbocycles. The maximum atomic E-state index is 11.0. The topological polar surface area (TPSA) is 55.2 Å². The maximum Gasteiger partial charge on any atom is 0.292 e. The van der Waals surface area contributed by atoms with Gasteiger partial charge in [-0.3, -0.25) is 10.1 Å². The maximum absolute atomic E-state index is 11.0. The number of nitro benzene ring substituents is 1. The van der Waals surface area contributed by atoms with Crippen molar-refractivity contribution in [3.63, 3.8) is 0 Å².